The standard InChI is InChI=1S/C12H18N2O2/c1-9(2)14-6-3-4-11(14)12(16)13-7-5-10(15)8-13/h3-4,6,9-10,15H,5,7-8H2,1-2H3/t10-/m0/s1. The third-order valence-electron chi connectivity index (χ3n) is 3.00. The lowest BCUT2D eigenvalue weighted by atomic mass is 10.3. The van der Waals surface area contributed by atoms with Crippen LogP contribution in [0.25, 0.3) is 0 Å². The van der Waals surface area contributed by atoms with Gasteiger partial charge >= 0.3 is 0 Å². The van der Waals surface area contributed by atoms with E-state index in [2.05, 4.69) is 13.8 Å². The van der Waals surface area contributed by atoms with Crippen molar-refractivity contribution in [1.29, 1.82) is 0 Å². The SMILES string of the molecule is CC(C)n1cccc1C(=O)N1CC[C@H](O)C1. The number of carbonyl (C=O) groups excluding carboxylic acids is 1. The summed E-state index contributed by atoms with van der Waals surface area (Å²) in [6.45, 7) is 5.22. The lowest BCUT2D eigenvalue weighted by Crippen LogP contribution is -2.31. The van der Waals surface area contributed by atoms with Crippen LogP contribution in [0, 0.1) is 0 Å². The number of aromatic nitrogens is 1. The van der Waals surface area contributed by atoms with Gasteiger partial charge in [-0.05, 0) is 32.4 Å². The molecule has 0 unspecified atom stereocenters. The number of aliphatic hydroxyl groups excluding tert-OH is 1. The van der Waals surface area contributed by atoms with Gasteiger partial charge in [0, 0.05) is 25.3 Å². The molecule has 1 aliphatic rings. The van der Waals surface area contributed by atoms with Crippen LogP contribution in [0.1, 0.15) is 36.8 Å². The second kappa shape index (κ2) is 4.29. The molecule has 1 amide bonds. The van der Waals surface area contributed by atoms with Crippen molar-refractivity contribution < 1.29 is 9.90 Å². The van der Waals surface area contributed by atoms with Crippen molar-refractivity contribution in [2.75, 3.05) is 13.1 Å². The first-order valence-corrected chi connectivity index (χ1v) is 5.73. The van der Waals surface area contributed by atoms with Gasteiger partial charge in [0.1, 0.15) is 5.69 Å². The topological polar surface area (TPSA) is 45.5 Å². The minimum absolute atomic E-state index is 0.0234. The van der Waals surface area contributed by atoms with Gasteiger partial charge in [0.2, 0.25) is 0 Å². The maximum Gasteiger partial charge on any atom is 0.270 e. The van der Waals surface area contributed by atoms with Crippen molar-refractivity contribution in [3.05, 3.63) is 24.0 Å². The van der Waals surface area contributed by atoms with Gasteiger partial charge in [-0.15, -0.1) is 0 Å². The smallest absolute Gasteiger partial charge is 0.270 e. The molecule has 4 heteroatoms. The number of rotatable bonds is 2. The van der Waals surface area contributed by atoms with E-state index in [4.69, 9.17) is 0 Å². The quantitative estimate of drug-likeness (QED) is 0.819. The normalized spacial score (nSPS) is 20.8. The van der Waals surface area contributed by atoms with E-state index in [9.17, 15) is 9.90 Å². The monoisotopic (exact) mass is 222 g/mol. The molecule has 1 fully saturated rings. The number of β-amino-alcohol motifs (C(OH)–C–C–N with tert-alkyl or cyclic N) is 1. The minimum atomic E-state index is -0.355. The molecule has 0 aromatic carbocycles. The van der Waals surface area contributed by atoms with Crippen LogP contribution in [0.5, 0.6) is 0 Å². The summed E-state index contributed by atoms with van der Waals surface area (Å²) in [7, 11) is 0. The zero-order valence-electron chi connectivity index (χ0n) is 9.76. The van der Waals surface area contributed by atoms with E-state index in [1.165, 1.54) is 0 Å². The van der Waals surface area contributed by atoms with Gasteiger partial charge in [-0.1, -0.05) is 0 Å². The van der Waals surface area contributed by atoms with Gasteiger partial charge in [0.05, 0.1) is 6.10 Å². The number of carbonyl (C=O) groups is 1. The van der Waals surface area contributed by atoms with Gasteiger partial charge in [-0.3, -0.25) is 4.79 Å². The first kappa shape index (κ1) is 11.2. The molecule has 0 aliphatic carbocycles. The van der Waals surface area contributed by atoms with Gasteiger partial charge in [0.15, 0.2) is 0 Å². The molecule has 0 bridgehead atoms. The Morgan fingerprint density at radius 3 is 2.88 bits per heavy atom. The fraction of sp³-hybridized carbons (Fsp3) is 0.583. The molecule has 1 saturated heterocycles. The summed E-state index contributed by atoms with van der Waals surface area (Å²) in [4.78, 5) is 13.9. The zero-order valence-corrected chi connectivity index (χ0v) is 9.76. The molecule has 0 spiro atoms. The molecule has 1 aromatic heterocycles. The lowest BCUT2D eigenvalue weighted by molar-refractivity contribution is 0.0753. The van der Waals surface area contributed by atoms with Crippen LogP contribution in [-0.2, 0) is 0 Å². The van der Waals surface area contributed by atoms with E-state index in [0.717, 1.165) is 0 Å². The average Bonchev–Trinajstić information content (AvgIpc) is 2.84. The summed E-state index contributed by atoms with van der Waals surface area (Å²) in [6.07, 6.45) is 2.25. The molecule has 1 aromatic rings. The Hall–Kier alpha value is -1.29. The van der Waals surface area contributed by atoms with Gasteiger partial charge in [-0.25, -0.2) is 0 Å². The van der Waals surface area contributed by atoms with Crippen molar-refractivity contribution in [2.24, 2.45) is 0 Å². The van der Waals surface area contributed by atoms with Crippen LogP contribution in [0.4, 0.5) is 0 Å². The van der Waals surface area contributed by atoms with Gasteiger partial charge in [0.25, 0.3) is 5.91 Å². The van der Waals surface area contributed by atoms with E-state index in [-0.39, 0.29) is 18.1 Å². The molecule has 0 radical (unpaired) electrons. The number of hydrogen-bond acceptors (Lipinski definition) is 2. The Labute approximate surface area is 95.5 Å². The van der Waals surface area contributed by atoms with E-state index >= 15 is 0 Å². The number of hydrogen-bond donors (Lipinski definition) is 1. The predicted molar refractivity (Wildman–Crippen MR) is 61.3 cm³/mol. The Morgan fingerprint density at radius 2 is 2.31 bits per heavy atom. The minimum Gasteiger partial charge on any atom is -0.391 e. The maximum atomic E-state index is 12.2. The summed E-state index contributed by atoms with van der Waals surface area (Å²) in [5, 5.41) is 9.42. The van der Waals surface area contributed by atoms with Crippen molar-refractivity contribution in [3.8, 4) is 0 Å². The molecule has 2 rings (SSSR count). The maximum absolute atomic E-state index is 12.2. The van der Waals surface area contributed by atoms with Crippen molar-refractivity contribution >= 4 is 5.91 Å². The highest BCUT2D eigenvalue weighted by atomic mass is 16.3. The summed E-state index contributed by atoms with van der Waals surface area (Å²) >= 11 is 0. The van der Waals surface area contributed by atoms with E-state index in [1.807, 2.05) is 22.9 Å². The third kappa shape index (κ3) is 1.97. The fourth-order valence-electron chi connectivity index (χ4n) is 2.11. The molecular weight excluding hydrogens is 204 g/mol. The Bertz CT molecular complexity index is 384. The summed E-state index contributed by atoms with van der Waals surface area (Å²) in [5.74, 6) is 0.0234. The van der Waals surface area contributed by atoms with Gasteiger partial charge in [-0.2, -0.15) is 0 Å². The lowest BCUT2D eigenvalue weighted by Gasteiger charge is -2.18. The third-order valence-corrected chi connectivity index (χ3v) is 3.00. The molecule has 0 saturated carbocycles. The Morgan fingerprint density at radius 1 is 1.56 bits per heavy atom. The summed E-state index contributed by atoms with van der Waals surface area (Å²) in [5.41, 5.74) is 0.712. The highest BCUT2D eigenvalue weighted by Gasteiger charge is 2.27. The van der Waals surface area contributed by atoms with Crippen LogP contribution < -0.4 is 0 Å². The number of nitrogens with zero attached hydrogens (tertiary/aromatic N) is 2. The first-order valence-electron chi connectivity index (χ1n) is 5.73. The molecule has 2 heterocycles. The summed E-state index contributed by atoms with van der Waals surface area (Å²) < 4.78 is 1.97. The van der Waals surface area contributed by atoms with Crippen LogP contribution in [0.2, 0.25) is 0 Å². The van der Waals surface area contributed by atoms with Crippen LogP contribution in [0.15, 0.2) is 18.3 Å². The molecule has 1 atom stereocenters. The number of amides is 1. The second-order valence-corrected chi connectivity index (χ2v) is 4.59. The van der Waals surface area contributed by atoms with Crippen molar-refractivity contribution in [1.82, 2.24) is 9.47 Å². The molecule has 16 heavy (non-hydrogen) atoms. The molecule has 1 aliphatic heterocycles. The molecular formula is C12H18N2O2. The van der Waals surface area contributed by atoms with Crippen LogP contribution >= 0.6 is 0 Å². The number of aliphatic hydroxyl groups is 1. The number of likely N-dealkylation sites (tertiary alicyclic amines) is 1. The first-order chi connectivity index (χ1) is 7.59. The molecule has 88 valence electrons. The van der Waals surface area contributed by atoms with Crippen molar-refractivity contribution in [3.63, 3.8) is 0 Å². The fourth-order valence-corrected chi connectivity index (χ4v) is 2.11. The van der Waals surface area contributed by atoms with Crippen LogP contribution in [0.3, 0.4) is 0 Å². The predicted octanol–water partition coefficient (Wildman–Crippen LogP) is 1.28. The van der Waals surface area contributed by atoms with Crippen LogP contribution in [-0.4, -0.2) is 39.7 Å². The van der Waals surface area contributed by atoms with Crippen molar-refractivity contribution in [2.45, 2.75) is 32.4 Å². The Kier molecular flexibility index (Phi) is 3.01. The molecule has 4 nitrogen and oxygen atoms in total. The Balaban J connectivity index is 2.17. The van der Waals surface area contributed by atoms with E-state index < -0.39 is 0 Å². The largest absolute Gasteiger partial charge is 0.391 e. The van der Waals surface area contributed by atoms with E-state index in [1.54, 1.807) is 4.90 Å². The van der Waals surface area contributed by atoms with Gasteiger partial charge < -0.3 is 14.6 Å². The second-order valence-electron chi connectivity index (χ2n) is 4.59. The molecule has 1 N–H and O–H groups in total. The highest BCUT2D eigenvalue weighted by molar-refractivity contribution is 5.93. The zero-order chi connectivity index (χ0) is 11.7. The highest BCUT2D eigenvalue weighted by Crippen LogP contribution is 2.16. The summed E-state index contributed by atoms with van der Waals surface area (Å²) in [6, 6.07) is 4.01. The average molecular weight is 222 g/mol. The van der Waals surface area contributed by atoms with E-state index in [0.29, 0.717) is 25.2 Å².